The van der Waals surface area contributed by atoms with E-state index in [1.165, 1.54) is 23.5 Å². The van der Waals surface area contributed by atoms with E-state index in [4.69, 9.17) is 0 Å². The number of aliphatic hydroxyl groups is 1. The summed E-state index contributed by atoms with van der Waals surface area (Å²) in [5, 5.41) is 16.2. The average molecular weight is 323 g/mol. The van der Waals surface area contributed by atoms with Crippen molar-refractivity contribution in [1.29, 1.82) is 0 Å². The predicted octanol–water partition coefficient (Wildman–Crippen LogP) is 2.98. The highest BCUT2D eigenvalue weighted by molar-refractivity contribution is 7.07. The molecule has 1 aromatic heterocycles. The molecule has 0 bridgehead atoms. The van der Waals surface area contributed by atoms with Crippen LogP contribution >= 0.6 is 11.3 Å². The minimum Gasteiger partial charge on any atom is -0.387 e. The standard InChI is InChI=1S/C16H15F2NO2S/c17-13-3-1-2-10(15(13)18)11-6-12(11)16(21)19-7-14(20)9-4-5-22-8-9/h1-5,8,11-12,14,20H,6-7H2,(H,19,21)/t11-,12-,14+/m1/s1. The quantitative estimate of drug-likeness (QED) is 0.889. The van der Waals surface area contributed by atoms with Gasteiger partial charge in [-0.25, -0.2) is 8.78 Å². The summed E-state index contributed by atoms with van der Waals surface area (Å²) in [6.07, 6.45) is -0.251. The normalized spacial score (nSPS) is 21.4. The van der Waals surface area contributed by atoms with E-state index in [1.54, 1.807) is 6.07 Å². The largest absolute Gasteiger partial charge is 0.387 e. The molecule has 0 radical (unpaired) electrons. The zero-order chi connectivity index (χ0) is 15.7. The highest BCUT2D eigenvalue weighted by Gasteiger charge is 2.45. The molecule has 0 saturated heterocycles. The molecule has 1 aliphatic carbocycles. The summed E-state index contributed by atoms with van der Waals surface area (Å²) in [7, 11) is 0. The second-order valence-corrected chi connectivity index (χ2v) is 6.19. The first-order valence-corrected chi connectivity index (χ1v) is 7.94. The van der Waals surface area contributed by atoms with Gasteiger partial charge in [0, 0.05) is 12.5 Å². The number of benzene rings is 1. The van der Waals surface area contributed by atoms with Gasteiger partial charge in [-0.1, -0.05) is 12.1 Å². The zero-order valence-electron chi connectivity index (χ0n) is 11.6. The highest BCUT2D eigenvalue weighted by atomic mass is 32.1. The molecule has 22 heavy (non-hydrogen) atoms. The molecule has 1 aromatic carbocycles. The summed E-state index contributed by atoms with van der Waals surface area (Å²) in [5.41, 5.74) is 1.01. The van der Waals surface area contributed by atoms with Crippen molar-refractivity contribution in [3.63, 3.8) is 0 Å². The maximum Gasteiger partial charge on any atom is 0.223 e. The van der Waals surface area contributed by atoms with Crippen molar-refractivity contribution in [2.24, 2.45) is 5.92 Å². The van der Waals surface area contributed by atoms with Gasteiger partial charge in [0.15, 0.2) is 11.6 Å². The molecule has 1 saturated carbocycles. The molecule has 1 aliphatic rings. The Hall–Kier alpha value is -1.79. The van der Waals surface area contributed by atoms with Crippen LogP contribution in [0, 0.1) is 17.6 Å². The van der Waals surface area contributed by atoms with Crippen LogP contribution < -0.4 is 5.32 Å². The number of carbonyl (C=O) groups excluding carboxylic acids is 1. The topological polar surface area (TPSA) is 49.3 Å². The van der Waals surface area contributed by atoms with Crippen molar-refractivity contribution in [2.75, 3.05) is 6.54 Å². The van der Waals surface area contributed by atoms with E-state index in [1.807, 2.05) is 10.8 Å². The van der Waals surface area contributed by atoms with Gasteiger partial charge in [-0.15, -0.1) is 0 Å². The van der Waals surface area contributed by atoms with E-state index >= 15 is 0 Å². The molecule has 0 spiro atoms. The van der Waals surface area contributed by atoms with Gasteiger partial charge < -0.3 is 10.4 Å². The highest BCUT2D eigenvalue weighted by Crippen LogP contribution is 2.48. The third kappa shape index (κ3) is 3.03. The Morgan fingerprint density at radius 1 is 1.41 bits per heavy atom. The van der Waals surface area contributed by atoms with Crippen molar-refractivity contribution in [3.8, 4) is 0 Å². The van der Waals surface area contributed by atoms with E-state index < -0.39 is 17.7 Å². The summed E-state index contributed by atoms with van der Waals surface area (Å²) in [5.74, 6) is -2.64. The number of nitrogens with one attached hydrogen (secondary N) is 1. The number of hydrogen-bond acceptors (Lipinski definition) is 3. The van der Waals surface area contributed by atoms with Gasteiger partial charge in [0.2, 0.25) is 5.91 Å². The van der Waals surface area contributed by atoms with Crippen LogP contribution in [0.15, 0.2) is 35.0 Å². The lowest BCUT2D eigenvalue weighted by atomic mass is 10.1. The van der Waals surface area contributed by atoms with Crippen LogP contribution in [-0.2, 0) is 4.79 Å². The van der Waals surface area contributed by atoms with Gasteiger partial charge in [0.05, 0.1) is 6.10 Å². The van der Waals surface area contributed by atoms with Gasteiger partial charge >= 0.3 is 0 Å². The number of thiophene rings is 1. The van der Waals surface area contributed by atoms with Crippen LogP contribution in [-0.4, -0.2) is 17.6 Å². The van der Waals surface area contributed by atoms with E-state index in [-0.39, 0.29) is 29.9 Å². The fourth-order valence-electron chi connectivity index (χ4n) is 2.55. The molecule has 3 rings (SSSR count). The number of carbonyl (C=O) groups is 1. The Bertz CT molecular complexity index is 675. The number of halogens is 2. The number of aliphatic hydroxyl groups excluding tert-OH is 1. The van der Waals surface area contributed by atoms with Crippen LogP contribution in [0.5, 0.6) is 0 Å². The van der Waals surface area contributed by atoms with Crippen LogP contribution in [0.1, 0.15) is 29.6 Å². The molecule has 2 aromatic rings. The maximum atomic E-state index is 13.7. The van der Waals surface area contributed by atoms with E-state index in [2.05, 4.69) is 5.32 Å². The molecule has 3 nitrogen and oxygen atoms in total. The van der Waals surface area contributed by atoms with Crippen molar-refractivity contribution in [3.05, 3.63) is 57.8 Å². The minimum absolute atomic E-state index is 0.115. The van der Waals surface area contributed by atoms with E-state index in [0.29, 0.717) is 6.42 Å². The first-order valence-electron chi connectivity index (χ1n) is 6.99. The Kier molecular flexibility index (Phi) is 4.22. The first-order chi connectivity index (χ1) is 10.6. The molecule has 116 valence electrons. The summed E-state index contributed by atoms with van der Waals surface area (Å²) < 4.78 is 26.9. The van der Waals surface area contributed by atoms with Gasteiger partial charge in [-0.3, -0.25) is 4.79 Å². The second-order valence-electron chi connectivity index (χ2n) is 5.41. The van der Waals surface area contributed by atoms with Gasteiger partial charge in [0.25, 0.3) is 0 Å². The lowest BCUT2D eigenvalue weighted by Crippen LogP contribution is -2.29. The minimum atomic E-state index is -0.892. The third-order valence-electron chi connectivity index (χ3n) is 3.91. The van der Waals surface area contributed by atoms with Gasteiger partial charge in [0.1, 0.15) is 0 Å². The molecular weight excluding hydrogens is 308 g/mol. The fourth-order valence-corrected chi connectivity index (χ4v) is 3.25. The molecule has 2 N–H and O–H groups in total. The number of amides is 1. The Morgan fingerprint density at radius 3 is 2.95 bits per heavy atom. The Balaban J connectivity index is 1.56. The van der Waals surface area contributed by atoms with E-state index in [9.17, 15) is 18.7 Å². The van der Waals surface area contributed by atoms with Crippen LogP contribution in [0.2, 0.25) is 0 Å². The molecule has 0 aliphatic heterocycles. The van der Waals surface area contributed by atoms with Crippen molar-refractivity contribution in [2.45, 2.75) is 18.4 Å². The smallest absolute Gasteiger partial charge is 0.223 e. The van der Waals surface area contributed by atoms with Crippen LogP contribution in [0.25, 0.3) is 0 Å². The van der Waals surface area contributed by atoms with E-state index in [0.717, 1.165) is 11.6 Å². The lowest BCUT2D eigenvalue weighted by molar-refractivity contribution is -0.122. The SMILES string of the molecule is O=C(NC[C@H](O)c1ccsc1)[C@@H]1C[C@@H]1c1cccc(F)c1F. The molecule has 1 fully saturated rings. The Morgan fingerprint density at radius 2 is 2.23 bits per heavy atom. The molecular formula is C16H15F2NO2S. The van der Waals surface area contributed by atoms with Crippen LogP contribution in [0.4, 0.5) is 8.78 Å². The van der Waals surface area contributed by atoms with Crippen molar-refractivity contribution in [1.82, 2.24) is 5.32 Å². The summed E-state index contributed by atoms with van der Waals surface area (Å²) >= 11 is 1.47. The molecule has 1 amide bonds. The summed E-state index contributed by atoms with van der Waals surface area (Å²) in [6.45, 7) is 0.115. The molecule has 3 atom stereocenters. The number of hydrogen-bond donors (Lipinski definition) is 2. The molecule has 6 heteroatoms. The summed E-state index contributed by atoms with van der Waals surface area (Å²) in [6, 6.07) is 5.81. The monoisotopic (exact) mass is 323 g/mol. The van der Waals surface area contributed by atoms with Gasteiger partial charge in [-0.05, 0) is 46.4 Å². The lowest BCUT2D eigenvalue weighted by Gasteiger charge is -2.10. The van der Waals surface area contributed by atoms with Crippen molar-refractivity contribution >= 4 is 17.2 Å². The zero-order valence-corrected chi connectivity index (χ0v) is 12.4. The predicted molar refractivity (Wildman–Crippen MR) is 79.5 cm³/mol. The summed E-state index contributed by atoms with van der Waals surface area (Å²) in [4.78, 5) is 12.0. The fraction of sp³-hybridized carbons (Fsp3) is 0.312. The molecule has 1 heterocycles. The first kappa shape index (κ1) is 15.1. The van der Waals surface area contributed by atoms with Gasteiger partial charge in [-0.2, -0.15) is 11.3 Å². The number of rotatable bonds is 5. The molecule has 0 unspecified atom stereocenters. The maximum absolute atomic E-state index is 13.7. The average Bonchev–Trinajstić information content (AvgIpc) is 3.10. The third-order valence-corrected chi connectivity index (χ3v) is 4.61. The Labute approximate surface area is 130 Å². The van der Waals surface area contributed by atoms with Crippen molar-refractivity contribution < 1.29 is 18.7 Å². The second kappa shape index (κ2) is 6.14. The van der Waals surface area contributed by atoms with Crippen LogP contribution in [0.3, 0.4) is 0 Å².